The van der Waals surface area contributed by atoms with Crippen LogP contribution in [0.25, 0.3) is 0 Å². The maximum Gasteiger partial charge on any atom is 0.253 e. The van der Waals surface area contributed by atoms with E-state index in [9.17, 15) is 9.90 Å². The molecule has 1 aliphatic carbocycles. The van der Waals surface area contributed by atoms with Crippen LogP contribution >= 0.6 is 12.4 Å². The van der Waals surface area contributed by atoms with E-state index in [1.54, 1.807) is 12.1 Å². The highest BCUT2D eigenvalue weighted by atomic mass is 35.5. The molecule has 5 nitrogen and oxygen atoms in total. The first-order valence-electron chi connectivity index (χ1n) is 7.61. The second-order valence-electron chi connectivity index (χ2n) is 5.90. The number of amides is 1. The molecule has 1 saturated carbocycles. The molecule has 0 aromatic heterocycles. The summed E-state index contributed by atoms with van der Waals surface area (Å²) >= 11 is 0. The van der Waals surface area contributed by atoms with E-state index in [0.717, 1.165) is 18.7 Å². The smallest absolute Gasteiger partial charge is 0.253 e. The lowest BCUT2D eigenvalue weighted by Crippen LogP contribution is -2.49. The normalized spacial score (nSPS) is 21.0. The van der Waals surface area contributed by atoms with Gasteiger partial charge in [-0.05, 0) is 36.5 Å². The first-order chi connectivity index (χ1) is 10.2. The molecular formula is C16H23ClN2O3. The second-order valence-corrected chi connectivity index (χ2v) is 5.90. The van der Waals surface area contributed by atoms with Crippen molar-refractivity contribution in [1.82, 2.24) is 10.2 Å². The van der Waals surface area contributed by atoms with Crippen LogP contribution in [0.3, 0.4) is 0 Å². The minimum Gasteiger partial charge on any atom is -0.508 e. The van der Waals surface area contributed by atoms with Crippen LogP contribution in [0.4, 0.5) is 0 Å². The van der Waals surface area contributed by atoms with Gasteiger partial charge in [-0.1, -0.05) is 12.1 Å². The number of hydrogen-bond donors (Lipinski definition) is 2. The summed E-state index contributed by atoms with van der Waals surface area (Å²) in [7, 11) is 0. The van der Waals surface area contributed by atoms with Crippen molar-refractivity contribution in [3.63, 3.8) is 0 Å². The topological polar surface area (TPSA) is 61.8 Å². The lowest BCUT2D eigenvalue weighted by Gasteiger charge is -2.30. The molecule has 0 spiro atoms. The summed E-state index contributed by atoms with van der Waals surface area (Å²) in [5, 5.41) is 12.8. The summed E-state index contributed by atoms with van der Waals surface area (Å²) in [4.78, 5) is 14.5. The fourth-order valence-corrected chi connectivity index (χ4v) is 2.65. The number of aromatic hydroxyl groups is 1. The fraction of sp³-hybridized carbons (Fsp3) is 0.562. The number of morpholine rings is 1. The van der Waals surface area contributed by atoms with E-state index in [-0.39, 0.29) is 30.2 Å². The Morgan fingerprint density at radius 1 is 1.41 bits per heavy atom. The first-order valence-corrected chi connectivity index (χ1v) is 7.61. The standard InChI is InChI=1S/C16H22N2O3.ClH/c19-14-3-1-2-13(8-14)11-18(10-12-4-5-12)16(20)15-9-17-6-7-21-15;/h1-3,8,12,15,17,19H,4-7,9-11H2;1H. The zero-order valence-corrected chi connectivity index (χ0v) is 13.3. The van der Waals surface area contributed by atoms with Crippen molar-refractivity contribution in [3.05, 3.63) is 29.8 Å². The molecule has 6 heteroatoms. The Kier molecular flexibility index (Phi) is 6.06. The number of ether oxygens (including phenoxy) is 1. The van der Waals surface area contributed by atoms with Gasteiger partial charge in [0, 0.05) is 26.2 Å². The minimum atomic E-state index is -0.380. The van der Waals surface area contributed by atoms with Crippen LogP contribution < -0.4 is 5.32 Å². The minimum absolute atomic E-state index is 0. The first kappa shape index (κ1) is 17.1. The van der Waals surface area contributed by atoms with Crippen molar-refractivity contribution in [2.75, 3.05) is 26.2 Å². The second kappa shape index (κ2) is 7.81. The van der Waals surface area contributed by atoms with Crippen molar-refractivity contribution >= 4 is 18.3 Å². The number of phenols is 1. The summed E-state index contributed by atoms with van der Waals surface area (Å²) < 4.78 is 5.58. The molecule has 2 fully saturated rings. The van der Waals surface area contributed by atoms with Crippen LogP contribution in [-0.2, 0) is 16.1 Å². The Balaban J connectivity index is 0.00000176. The van der Waals surface area contributed by atoms with E-state index in [0.29, 0.717) is 25.6 Å². The van der Waals surface area contributed by atoms with E-state index in [2.05, 4.69) is 5.32 Å². The Bertz CT molecular complexity index is 502. The molecule has 0 bridgehead atoms. The highest BCUT2D eigenvalue weighted by Gasteiger charge is 2.31. The molecule has 1 aromatic rings. The molecule has 1 atom stereocenters. The van der Waals surface area contributed by atoms with Gasteiger partial charge in [-0.2, -0.15) is 0 Å². The Hall–Kier alpha value is -1.30. The third-order valence-electron chi connectivity index (χ3n) is 3.97. The number of benzene rings is 1. The number of nitrogens with one attached hydrogen (secondary N) is 1. The molecule has 2 N–H and O–H groups in total. The van der Waals surface area contributed by atoms with Crippen LogP contribution in [0, 0.1) is 5.92 Å². The Morgan fingerprint density at radius 3 is 2.86 bits per heavy atom. The van der Waals surface area contributed by atoms with Gasteiger partial charge < -0.3 is 20.1 Å². The average molecular weight is 327 g/mol. The van der Waals surface area contributed by atoms with Crippen molar-refractivity contribution in [3.8, 4) is 5.75 Å². The van der Waals surface area contributed by atoms with Gasteiger partial charge in [0.1, 0.15) is 11.9 Å². The predicted molar refractivity (Wildman–Crippen MR) is 86.1 cm³/mol. The molecule has 1 saturated heterocycles. The third-order valence-corrected chi connectivity index (χ3v) is 3.97. The van der Waals surface area contributed by atoms with Gasteiger partial charge in [-0.25, -0.2) is 0 Å². The molecular weight excluding hydrogens is 304 g/mol. The van der Waals surface area contributed by atoms with Gasteiger partial charge in [-0.15, -0.1) is 12.4 Å². The van der Waals surface area contributed by atoms with E-state index < -0.39 is 0 Å². The largest absolute Gasteiger partial charge is 0.508 e. The Morgan fingerprint density at radius 2 is 2.23 bits per heavy atom. The van der Waals surface area contributed by atoms with Crippen LogP contribution in [0.1, 0.15) is 18.4 Å². The number of rotatable bonds is 5. The van der Waals surface area contributed by atoms with Crippen molar-refractivity contribution in [1.29, 1.82) is 0 Å². The molecule has 1 unspecified atom stereocenters. The maximum absolute atomic E-state index is 12.6. The summed E-state index contributed by atoms with van der Waals surface area (Å²) in [6, 6.07) is 7.11. The zero-order chi connectivity index (χ0) is 14.7. The molecule has 1 heterocycles. The number of carbonyl (C=O) groups is 1. The summed E-state index contributed by atoms with van der Waals surface area (Å²) in [6.45, 7) is 3.29. The van der Waals surface area contributed by atoms with E-state index >= 15 is 0 Å². The van der Waals surface area contributed by atoms with Crippen LogP contribution in [0.15, 0.2) is 24.3 Å². The van der Waals surface area contributed by atoms with Gasteiger partial charge >= 0.3 is 0 Å². The van der Waals surface area contributed by atoms with E-state index in [1.165, 1.54) is 12.8 Å². The maximum atomic E-state index is 12.6. The van der Waals surface area contributed by atoms with E-state index in [1.807, 2.05) is 17.0 Å². The van der Waals surface area contributed by atoms with Crippen LogP contribution in [0.2, 0.25) is 0 Å². The zero-order valence-electron chi connectivity index (χ0n) is 12.5. The lowest BCUT2D eigenvalue weighted by molar-refractivity contribution is -0.146. The van der Waals surface area contributed by atoms with Gasteiger partial charge in [0.2, 0.25) is 0 Å². The Labute approximate surface area is 137 Å². The molecule has 3 rings (SSSR count). The molecule has 0 radical (unpaired) electrons. The fourth-order valence-electron chi connectivity index (χ4n) is 2.65. The molecule has 1 amide bonds. The van der Waals surface area contributed by atoms with Gasteiger partial charge in [0.15, 0.2) is 0 Å². The quantitative estimate of drug-likeness (QED) is 0.861. The number of phenolic OH excluding ortho intramolecular Hbond substituents is 1. The van der Waals surface area contributed by atoms with Crippen molar-refractivity contribution in [2.24, 2.45) is 5.92 Å². The number of carbonyl (C=O) groups excluding carboxylic acids is 1. The molecule has 2 aliphatic rings. The SMILES string of the molecule is Cl.O=C(C1CNCCO1)N(Cc1cccc(O)c1)CC1CC1. The number of nitrogens with zero attached hydrogens (tertiary/aromatic N) is 1. The highest BCUT2D eigenvalue weighted by molar-refractivity contribution is 5.85. The summed E-state index contributed by atoms with van der Waals surface area (Å²) in [6.07, 6.45) is 2.02. The predicted octanol–water partition coefficient (Wildman–Crippen LogP) is 1.54. The van der Waals surface area contributed by atoms with Crippen LogP contribution in [-0.4, -0.2) is 48.3 Å². The number of hydrogen-bond acceptors (Lipinski definition) is 4. The van der Waals surface area contributed by atoms with Crippen molar-refractivity contribution < 1.29 is 14.6 Å². The van der Waals surface area contributed by atoms with E-state index in [4.69, 9.17) is 4.74 Å². The van der Waals surface area contributed by atoms with Crippen LogP contribution in [0.5, 0.6) is 5.75 Å². The highest BCUT2D eigenvalue weighted by Crippen LogP contribution is 2.30. The molecule has 1 aromatic carbocycles. The third kappa shape index (κ3) is 4.60. The molecule has 122 valence electrons. The van der Waals surface area contributed by atoms with Crippen molar-refractivity contribution in [2.45, 2.75) is 25.5 Å². The van der Waals surface area contributed by atoms with Gasteiger partial charge in [0.25, 0.3) is 5.91 Å². The summed E-state index contributed by atoms with van der Waals surface area (Å²) in [5.74, 6) is 0.919. The number of halogens is 1. The van der Waals surface area contributed by atoms with Gasteiger partial charge in [-0.3, -0.25) is 4.79 Å². The summed E-state index contributed by atoms with van der Waals surface area (Å²) in [5.41, 5.74) is 0.952. The molecule has 1 aliphatic heterocycles. The average Bonchev–Trinajstić information content (AvgIpc) is 3.31. The lowest BCUT2D eigenvalue weighted by atomic mass is 10.1. The molecule has 22 heavy (non-hydrogen) atoms. The monoisotopic (exact) mass is 326 g/mol. The van der Waals surface area contributed by atoms with Gasteiger partial charge in [0.05, 0.1) is 6.61 Å².